The average molecular weight is 414 g/mol. The highest BCUT2D eigenvalue weighted by atomic mass is 16.2. The summed E-state index contributed by atoms with van der Waals surface area (Å²) in [5.74, 6) is 0.226. The topological polar surface area (TPSA) is 54.0 Å². The normalized spacial score (nSPS) is 16.5. The number of carbonyl (C=O) groups excluding carboxylic acids is 1. The summed E-state index contributed by atoms with van der Waals surface area (Å²) in [5.41, 5.74) is 5.65. The summed E-state index contributed by atoms with van der Waals surface area (Å²) in [4.78, 5) is 16.7. The van der Waals surface area contributed by atoms with Gasteiger partial charge in [0, 0.05) is 30.3 Å². The zero-order chi connectivity index (χ0) is 21.7. The monoisotopic (exact) mass is 413 g/mol. The van der Waals surface area contributed by atoms with Crippen molar-refractivity contribution < 1.29 is 4.79 Å². The molecule has 1 unspecified atom stereocenters. The Bertz CT molecular complexity index is 995. The molecule has 0 spiro atoms. The number of hydrogen-bond donors (Lipinski definition) is 2. The van der Waals surface area contributed by atoms with E-state index in [0.29, 0.717) is 0 Å². The molecule has 0 aliphatic heterocycles. The highest BCUT2D eigenvalue weighted by Gasteiger charge is 2.50. The van der Waals surface area contributed by atoms with Crippen LogP contribution in [0.3, 0.4) is 0 Å². The van der Waals surface area contributed by atoms with Crippen LogP contribution in [0.5, 0.6) is 0 Å². The Hall–Kier alpha value is -3.14. The lowest BCUT2D eigenvalue weighted by Gasteiger charge is -2.09. The molecule has 31 heavy (non-hydrogen) atoms. The van der Waals surface area contributed by atoms with E-state index in [2.05, 4.69) is 84.1 Å². The maximum absolute atomic E-state index is 12.2. The molecule has 4 nitrogen and oxygen atoms in total. The molecule has 4 heteroatoms. The van der Waals surface area contributed by atoms with Gasteiger partial charge < -0.3 is 10.6 Å². The summed E-state index contributed by atoms with van der Waals surface area (Å²) in [6.07, 6.45) is 5.69. The second-order valence-electron chi connectivity index (χ2n) is 9.16. The zero-order valence-electron chi connectivity index (χ0n) is 18.4. The van der Waals surface area contributed by atoms with Gasteiger partial charge >= 0.3 is 0 Å². The van der Waals surface area contributed by atoms with Crippen molar-refractivity contribution in [3.8, 4) is 0 Å². The third kappa shape index (κ3) is 5.94. The summed E-state index contributed by atoms with van der Waals surface area (Å²) in [7, 11) is 0. The Labute approximate surface area is 185 Å². The number of amides is 1. The van der Waals surface area contributed by atoms with E-state index in [0.717, 1.165) is 49.3 Å². The minimum Gasteiger partial charge on any atom is -0.385 e. The average Bonchev–Trinajstić information content (AvgIpc) is 3.43. The minimum absolute atomic E-state index is 0.103. The van der Waals surface area contributed by atoms with E-state index in [-0.39, 0.29) is 17.2 Å². The molecule has 1 atom stereocenters. The number of hydrogen-bond acceptors (Lipinski definition) is 3. The van der Waals surface area contributed by atoms with Gasteiger partial charge in [-0.25, -0.2) is 0 Å². The van der Waals surface area contributed by atoms with Gasteiger partial charge in [-0.1, -0.05) is 56.3 Å². The summed E-state index contributed by atoms with van der Waals surface area (Å²) in [5, 5.41) is 6.48. The van der Waals surface area contributed by atoms with Gasteiger partial charge in [0.1, 0.15) is 0 Å². The molecule has 160 valence electrons. The fraction of sp³-hybridized carbons (Fsp3) is 0.333. The van der Waals surface area contributed by atoms with Gasteiger partial charge in [-0.3, -0.25) is 9.78 Å². The number of anilines is 2. The molecule has 1 heterocycles. The molecule has 1 amide bonds. The fourth-order valence-electron chi connectivity index (χ4n) is 3.87. The van der Waals surface area contributed by atoms with Gasteiger partial charge in [-0.2, -0.15) is 0 Å². The van der Waals surface area contributed by atoms with Crippen molar-refractivity contribution in [1.29, 1.82) is 0 Å². The van der Waals surface area contributed by atoms with Crippen molar-refractivity contribution in [2.45, 2.75) is 39.5 Å². The molecule has 0 radical (unpaired) electrons. The third-order valence-electron chi connectivity index (χ3n) is 6.08. The van der Waals surface area contributed by atoms with Gasteiger partial charge in [0.2, 0.25) is 5.91 Å². The quantitative estimate of drug-likeness (QED) is 0.442. The second-order valence-corrected chi connectivity index (χ2v) is 9.16. The Morgan fingerprint density at radius 1 is 0.968 bits per heavy atom. The standard InChI is InChI=1S/C27H31N3O/c1-27(2)18-25(27)26(31)30-24-15-14-23(29-19-24)17-21-10-12-22(13-11-21)28-16-6-9-20-7-4-3-5-8-20/h3-5,7-8,10-15,19,25,28H,6,9,16-18H2,1-2H3,(H,30,31). The van der Waals surface area contributed by atoms with E-state index in [1.54, 1.807) is 6.20 Å². The van der Waals surface area contributed by atoms with Crippen molar-refractivity contribution in [3.05, 3.63) is 89.7 Å². The molecular formula is C27H31N3O. The Kier molecular flexibility index (Phi) is 6.36. The number of benzene rings is 2. The van der Waals surface area contributed by atoms with Crippen LogP contribution >= 0.6 is 0 Å². The number of pyridine rings is 1. The molecule has 3 aromatic rings. The highest BCUT2D eigenvalue weighted by Crippen LogP contribution is 2.51. The molecule has 0 bridgehead atoms. The van der Waals surface area contributed by atoms with E-state index in [4.69, 9.17) is 0 Å². The predicted molar refractivity (Wildman–Crippen MR) is 127 cm³/mol. The molecule has 0 saturated heterocycles. The van der Waals surface area contributed by atoms with Crippen LogP contribution in [0.1, 0.15) is 43.5 Å². The van der Waals surface area contributed by atoms with E-state index in [9.17, 15) is 4.79 Å². The minimum atomic E-state index is 0.103. The van der Waals surface area contributed by atoms with Crippen molar-refractivity contribution in [2.24, 2.45) is 11.3 Å². The summed E-state index contributed by atoms with van der Waals surface area (Å²) < 4.78 is 0. The van der Waals surface area contributed by atoms with E-state index < -0.39 is 0 Å². The molecule has 4 rings (SSSR count). The zero-order valence-corrected chi connectivity index (χ0v) is 18.4. The van der Waals surface area contributed by atoms with Gasteiger partial charge in [-0.05, 0) is 60.1 Å². The maximum Gasteiger partial charge on any atom is 0.228 e. The first-order chi connectivity index (χ1) is 15.0. The van der Waals surface area contributed by atoms with E-state index in [1.807, 2.05) is 12.1 Å². The third-order valence-corrected chi connectivity index (χ3v) is 6.08. The van der Waals surface area contributed by atoms with Gasteiger partial charge in [0.15, 0.2) is 0 Å². The molecule has 1 aliphatic carbocycles. The van der Waals surface area contributed by atoms with Crippen LogP contribution in [-0.4, -0.2) is 17.4 Å². The Balaban J connectivity index is 1.22. The molecule has 1 fully saturated rings. The molecule has 1 saturated carbocycles. The van der Waals surface area contributed by atoms with Gasteiger partial charge in [-0.15, -0.1) is 0 Å². The molecule has 1 aliphatic rings. The lowest BCUT2D eigenvalue weighted by Crippen LogP contribution is -2.16. The SMILES string of the molecule is CC1(C)CC1C(=O)Nc1ccc(Cc2ccc(NCCCc3ccccc3)cc2)nc1. The lowest BCUT2D eigenvalue weighted by molar-refractivity contribution is -0.118. The summed E-state index contributed by atoms with van der Waals surface area (Å²) >= 11 is 0. The van der Waals surface area contributed by atoms with E-state index >= 15 is 0 Å². The number of nitrogens with one attached hydrogen (secondary N) is 2. The molecule has 1 aromatic heterocycles. The van der Waals surface area contributed by atoms with Crippen molar-refractivity contribution in [3.63, 3.8) is 0 Å². The number of carbonyl (C=O) groups is 1. The van der Waals surface area contributed by atoms with Crippen molar-refractivity contribution in [1.82, 2.24) is 4.98 Å². The van der Waals surface area contributed by atoms with Crippen LogP contribution < -0.4 is 10.6 Å². The Morgan fingerprint density at radius 2 is 1.68 bits per heavy atom. The number of aromatic nitrogens is 1. The van der Waals surface area contributed by atoms with Crippen LogP contribution in [0, 0.1) is 11.3 Å². The first kappa shape index (κ1) is 21.1. The molecule has 2 N–H and O–H groups in total. The first-order valence-electron chi connectivity index (χ1n) is 11.1. The van der Waals surface area contributed by atoms with Crippen LogP contribution in [0.15, 0.2) is 72.9 Å². The number of aryl methyl sites for hydroxylation is 1. The van der Waals surface area contributed by atoms with Crippen LogP contribution in [0.2, 0.25) is 0 Å². The summed E-state index contributed by atoms with van der Waals surface area (Å²) in [6, 6.07) is 23.1. The summed E-state index contributed by atoms with van der Waals surface area (Å²) in [6.45, 7) is 5.22. The predicted octanol–water partition coefficient (Wildman–Crippen LogP) is 5.70. The van der Waals surface area contributed by atoms with E-state index in [1.165, 1.54) is 11.1 Å². The lowest BCUT2D eigenvalue weighted by atomic mass is 10.1. The highest BCUT2D eigenvalue weighted by molar-refractivity contribution is 5.94. The Morgan fingerprint density at radius 3 is 2.32 bits per heavy atom. The smallest absolute Gasteiger partial charge is 0.228 e. The molecular weight excluding hydrogens is 382 g/mol. The van der Waals surface area contributed by atoms with Crippen LogP contribution in [0.4, 0.5) is 11.4 Å². The van der Waals surface area contributed by atoms with Gasteiger partial charge in [0.25, 0.3) is 0 Å². The van der Waals surface area contributed by atoms with Crippen LogP contribution in [0.25, 0.3) is 0 Å². The second kappa shape index (κ2) is 9.34. The van der Waals surface area contributed by atoms with Crippen LogP contribution in [-0.2, 0) is 17.6 Å². The van der Waals surface area contributed by atoms with Gasteiger partial charge in [0.05, 0.1) is 11.9 Å². The molecule has 2 aromatic carbocycles. The van der Waals surface area contributed by atoms with Crippen molar-refractivity contribution >= 4 is 17.3 Å². The van der Waals surface area contributed by atoms with Crippen molar-refractivity contribution in [2.75, 3.05) is 17.2 Å². The number of nitrogens with zero attached hydrogens (tertiary/aromatic N) is 1. The first-order valence-corrected chi connectivity index (χ1v) is 11.1. The number of rotatable bonds is 9. The maximum atomic E-state index is 12.2. The largest absolute Gasteiger partial charge is 0.385 e. The fourth-order valence-corrected chi connectivity index (χ4v) is 3.87.